The van der Waals surface area contributed by atoms with Crippen molar-refractivity contribution in [1.82, 2.24) is 15.0 Å². The van der Waals surface area contributed by atoms with E-state index < -0.39 is 23.0 Å². The van der Waals surface area contributed by atoms with Gasteiger partial charge >= 0.3 is 5.69 Å². The Balaban J connectivity index is 1.27. The van der Waals surface area contributed by atoms with Gasteiger partial charge in [-0.3, -0.25) is 14.6 Å². The van der Waals surface area contributed by atoms with Crippen LogP contribution in [0.25, 0.3) is 5.69 Å². The van der Waals surface area contributed by atoms with Crippen molar-refractivity contribution in [3.05, 3.63) is 89.6 Å². The van der Waals surface area contributed by atoms with E-state index in [9.17, 15) is 19.5 Å². The molecule has 0 unspecified atom stereocenters. The molecule has 0 aliphatic heterocycles. The molecule has 7 rings (SSSR count). The third kappa shape index (κ3) is 4.32. The minimum Gasteiger partial charge on any atom is -0.493 e. The van der Waals surface area contributed by atoms with Crippen molar-refractivity contribution in [2.75, 3.05) is 0 Å². The topological polar surface area (TPSA) is 117 Å². The van der Waals surface area contributed by atoms with E-state index >= 15 is 0 Å². The molecule has 0 saturated heterocycles. The first-order valence-corrected chi connectivity index (χ1v) is 13.7. The second-order valence-electron chi connectivity index (χ2n) is 10.8. The smallest absolute Gasteiger partial charge is 0.335 e. The highest BCUT2D eigenvalue weighted by Crippen LogP contribution is 2.60. The summed E-state index contributed by atoms with van der Waals surface area (Å²) in [5.41, 5.74) is 2.99. The lowest BCUT2D eigenvalue weighted by atomic mass is 9.48. The zero-order chi connectivity index (χ0) is 25.7. The molecular weight excluding hydrogens is 583 g/mol. The van der Waals surface area contributed by atoms with Crippen LogP contribution >= 0.6 is 22.6 Å². The van der Waals surface area contributed by atoms with Crippen molar-refractivity contribution in [3.8, 4) is 11.6 Å². The number of halogens is 1. The van der Waals surface area contributed by atoms with E-state index in [2.05, 4.69) is 27.6 Å². The van der Waals surface area contributed by atoms with Crippen LogP contribution in [-0.4, -0.2) is 26.8 Å². The maximum absolute atomic E-state index is 12.7. The van der Waals surface area contributed by atoms with Crippen LogP contribution < -0.4 is 16.7 Å². The fourth-order valence-corrected chi connectivity index (χ4v) is 7.82. The number of carbonyl (C=O) groups excluding carboxylic acids is 1. The van der Waals surface area contributed by atoms with Crippen molar-refractivity contribution in [2.45, 2.75) is 43.9 Å². The Morgan fingerprint density at radius 3 is 2.27 bits per heavy atom. The van der Waals surface area contributed by atoms with Gasteiger partial charge in [0.15, 0.2) is 0 Å². The molecule has 37 heavy (non-hydrogen) atoms. The summed E-state index contributed by atoms with van der Waals surface area (Å²) in [7, 11) is 0. The van der Waals surface area contributed by atoms with E-state index in [1.165, 1.54) is 44.1 Å². The molecular formula is C28H27IN4O4. The summed E-state index contributed by atoms with van der Waals surface area (Å²) in [5, 5.41) is 14.7. The van der Waals surface area contributed by atoms with Crippen molar-refractivity contribution >= 4 is 34.7 Å². The minimum atomic E-state index is -0.795. The van der Waals surface area contributed by atoms with Gasteiger partial charge in [0, 0.05) is 3.57 Å². The molecule has 9 heteroatoms. The van der Waals surface area contributed by atoms with Crippen LogP contribution in [0.4, 0.5) is 0 Å². The van der Waals surface area contributed by atoms with Crippen LogP contribution in [0.2, 0.25) is 0 Å². The van der Waals surface area contributed by atoms with Crippen molar-refractivity contribution in [2.24, 2.45) is 22.9 Å². The summed E-state index contributed by atoms with van der Waals surface area (Å²) in [6.45, 7) is 0. The molecule has 4 fully saturated rings. The minimum absolute atomic E-state index is 0.220. The molecule has 0 spiro atoms. The van der Waals surface area contributed by atoms with Gasteiger partial charge in [0.1, 0.15) is 5.56 Å². The summed E-state index contributed by atoms with van der Waals surface area (Å²) in [6, 6.07) is 14.8. The fraction of sp³-hybridized carbons (Fsp3) is 0.357. The standard InChI is InChI=1S/C28H27IN4O4/c29-23-4-2-1-3-21(23)25(35)32-30-15-22-24(34)31-27(37)33(26(22)36)20-7-5-19(6-8-20)28-12-16-9-17(13-28)11-18(10-16)14-28/h1-8,15-18,36H,9-14H2,(H,32,35)(H,31,34,37). The zero-order valence-electron chi connectivity index (χ0n) is 20.1. The Kier molecular flexibility index (Phi) is 6.05. The third-order valence-corrected chi connectivity index (χ3v) is 9.32. The van der Waals surface area contributed by atoms with Crippen molar-refractivity contribution in [3.63, 3.8) is 0 Å². The fourth-order valence-electron chi connectivity index (χ4n) is 7.18. The largest absolute Gasteiger partial charge is 0.493 e. The zero-order valence-corrected chi connectivity index (χ0v) is 22.3. The summed E-state index contributed by atoms with van der Waals surface area (Å²) in [6.07, 6.45) is 8.85. The van der Waals surface area contributed by atoms with Gasteiger partial charge < -0.3 is 5.11 Å². The number of aromatic nitrogens is 2. The molecule has 8 nitrogen and oxygen atoms in total. The molecule has 3 N–H and O–H groups in total. The second kappa shape index (κ2) is 9.27. The summed E-state index contributed by atoms with van der Waals surface area (Å²) < 4.78 is 1.80. The number of nitrogens with one attached hydrogen (secondary N) is 2. The van der Waals surface area contributed by atoms with E-state index in [0.717, 1.165) is 32.1 Å². The van der Waals surface area contributed by atoms with Crippen molar-refractivity contribution < 1.29 is 9.90 Å². The van der Waals surface area contributed by atoms with Crippen LogP contribution in [0.15, 0.2) is 63.2 Å². The van der Waals surface area contributed by atoms with Gasteiger partial charge in [-0.2, -0.15) is 5.10 Å². The lowest BCUT2D eigenvalue weighted by molar-refractivity contribution is -0.00518. The van der Waals surface area contributed by atoms with E-state index in [-0.39, 0.29) is 11.0 Å². The molecule has 4 aliphatic carbocycles. The molecule has 3 aromatic rings. The average Bonchev–Trinajstić information content (AvgIpc) is 2.85. The van der Waals surface area contributed by atoms with E-state index in [4.69, 9.17) is 0 Å². The van der Waals surface area contributed by atoms with E-state index in [1.54, 1.807) is 18.2 Å². The predicted octanol–water partition coefficient (Wildman–Crippen LogP) is 4.07. The maximum atomic E-state index is 12.7. The van der Waals surface area contributed by atoms with Gasteiger partial charge in [0.05, 0.1) is 17.5 Å². The Labute approximate surface area is 227 Å². The molecule has 190 valence electrons. The summed E-state index contributed by atoms with van der Waals surface area (Å²) in [4.78, 5) is 39.7. The summed E-state index contributed by atoms with van der Waals surface area (Å²) >= 11 is 2.04. The Hall–Kier alpha value is -3.21. The monoisotopic (exact) mass is 610 g/mol. The Morgan fingerprint density at radius 1 is 1.03 bits per heavy atom. The number of rotatable bonds is 5. The predicted molar refractivity (Wildman–Crippen MR) is 148 cm³/mol. The molecule has 1 heterocycles. The lowest BCUT2D eigenvalue weighted by Gasteiger charge is -2.57. The first-order valence-electron chi connectivity index (χ1n) is 12.6. The average molecular weight is 610 g/mol. The number of aromatic hydroxyl groups is 1. The summed E-state index contributed by atoms with van der Waals surface area (Å²) in [5.74, 6) is 1.48. The number of hydrogen-bond acceptors (Lipinski definition) is 5. The Bertz CT molecular complexity index is 1490. The molecule has 4 bridgehead atoms. The molecule has 0 atom stereocenters. The lowest BCUT2D eigenvalue weighted by Crippen LogP contribution is -2.48. The number of H-pyrrole nitrogens is 1. The van der Waals surface area contributed by atoms with Crippen LogP contribution in [0, 0.1) is 21.3 Å². The molecule has 2 aromatic carbocycles. The van der Waals surface area contributed by atoms with Gasteiger partial charge in [-0.1, -0.05) is 24.3 Å². The van der Waals surface area contributed by atoms with Gasteiger partial charge in [-0.15, -0.1) is 0 Å². The van der Waals surface area contributed by atoms with Gasteiger partial charge in [-0.05, 0) is 114 Å². The highest BCUT2D eigenvalue weighted by Gasteiger charge is 2.51. The third-order valence-electron chi connectivity index (χ3n) is 8.38. The van der Waals surface area contributed by atoms with Crippen LogP contribution in [0.3, 0.4) is 0 Å². The van der Waals surface area contributed by atoms with Gasteiger partial charge in [0.25, 0.3) is 11.5 Å². The van der Waals surface area contributed by atoms with Crippen LogP contribution in [-0.2, 0) is 5.41 Å². The number of hydrazone groups is 1. The molecule has 4 saturated carbocycles. The number of hydrogen-bond donors (Lipinski definition) is 3. The second-order valence-corrected chi connectivity index (χ2v) is 11.9. The normalized spacial score (nSPS) is 26.0. The molecule has 4 aliphatic rings. The van der Waals surface area contributed by atoms with Crippen LogP contribution in [0.5, 0.6) is 5.88 Å². The number of nitrogens with zero attached hydrogens (tertiary/aromatic N) is 2. The first kappa shape index (κ1) is 24.1. The highest BCUT2D eigenvalue weighted by atomic mass is 127. The first-order chi connectivity index (χ1) is 17.8. The number of benzene rings is 2. The van der Waals surface area contributed by atoms with E-state index in [0.29, 0.717) is 11.3 Å². The van der Waals surface area contributed by atoms with Crippen LogP contribution in [0.1, 0.15) is 60.0 Å². The maximum Gasteiger partial charge on any atom is 0.335 e. The highest BCUT2D eigenvalue weighted by molar-refractivity contribution is 14.1. The molecule has 0 radical (unpaired) electrons. The quantitative estimate of drug-likeness (QED) is 0.230. The SMILES string of the molecule is O=C(NN=Cc1c(O)n(-c2ccc(C34CC5CC(CC(C5)C3)C4)cc2)c(=O)[nH]c1=O)c1ccccc1I. The van der Waals surface area contributed by atoms with E-state index in [1.807, 2.05) is 40.8 Å². The Morgan fingerprint density at radius 2 is 1.65 bits per heavy atom. The van der Waals surface area contributed by atoms with Gasteiger partial charge in [-0.25, -0.2) is 14.8 Å². The van der Waals surface area contributed by atoms with Crippen molar-refractivity contribution in [1.29, 1.82) is 0 Å². The van der Waals surface area contributed by atoms with Gasteiger partial charge in [0.2, 0.25) is 5.88 Å². The molecule has 1 amide bonds. The number of carbonyl (C=O) groups is 1. The molecule has 1 aromatic heterocycles. The number of aromatic amines is 1. The number of amides is 1.